The molecule has 6 heteroatoms. The number of rotatable bonds is 4. The predicted molar refractivity (Wildman–Crippen MR) is 81.5 cm³/mol. The van der Waals surface area contributed by atoms with Gasteiger partial charge in [0.2, 0.25) is 0 Å². The summed E-state index contributed by atoms with van der Waals surface area (Å²) in [7, 11) is 0. The molecule has 1 aliphatic carbocycles. The lowest BCUT2D eigenvalue weighted by Gasteiger charge is -2.21. The van der Waals surface area contributed by atoms with Crippen LogP contribution in [0.1, 0.15) is 43.5 Å². The molecule has 3 unspecified atom stereocenters. The van der Waals surface area contributed by atoms with Crippen LogP contribution in [0.3, 0.4) is 0 Å². The zero-order chi connectivity index (χ0) is 15.6. The van der Waals surface area contributed by atoms with Crippen LogP contribution in [-0.2, 0) is 0 Å². The van der Waals surface area contributed by atoms with Crippen molar-refractivity contribution in [1.82, 2.24) is 5.32 Å². The van der Waals surface area contributed by atoms with Crippen LogP contribution in [0.2, 0.25) is 5.02 Å². The summed E-state index contributed by atoms with van der Waals surface area (Å²) < 4.78 is 0. The van der Waals surface area contributed by atoms with Gasteiger partial charge >= 0.3 is 5.69 Å². The number of carbonyl (C=O) groups is 1. The smallest absolute Gasteiger partial charge is 0.300 e. The maximum absolute atomic E-state index is 12.3. The maximum atomic E-state index is 12.3. The lowest BCUT2D eigenvalue weighted by molar-refractivity contribution is -0.385. The van der Waals surface area contributed by atoms with Gasteiger partial charge in [-0.05, 0) is 36.8 Å². The molecule has 1 N–H and O–H groups in total. The lowest BCUT2D eigenvalue weighted by Crippen LogP contribution is -2.37. The van der Waals surface area contributed by atoms with Gasteiger partial charge in [-0.25, -0.2) is 0 Å². The molecule has 0 aliphatic heterocycles. The van der Waals surface area contributed by atoms with Crippen molar-refractivity contribution in [2.75, 3.05) is 0 Å². The molecule has 1 aromatic carbocycles. The Morgan fingerprint density at radius 1 is 1.48 bits per heavy atom. The number of nitro groups is 1. The maximum Gasteiger partial charge on any atom is 0.300 e. The van der Waals surface area contributed by atoms with E-state index in [1.807, 2.05) is 0 Å². The van der Waals surface area contributed by atoms with E-state index in [-0.39, 0.29) is 22.3 Å². The van der Waals surface area contributed by atoms with Crippen molar-refractivity contribution < 1.29 is 9.72 Å². The minimum atomic E-state index is -0.607. The van der Waals surface area contributed by atoms with Gasteiger partial charge in [-0.15, -0.1) is 0 Å². The number of hydrogen-bond donors (Lipinski definition) is 1. The summed E-state index contributed by atoms with van der Waals surface area (Å²) >= 11 is 5.84. The van der Waals surface area contributed by atoms with Crippen molar-refractivity contribution in [3.05, 3.63) is 38.9 Å². The fourth-order valence-corrected chi connectivity index (χ4v) is 3.40. The summed E-state index contributed by atoms with van der Waals surface area (Å²) in [5, 5.41) is 14.0. The largest absolute Gasteiger partial charge is 0.349 e. The summed E-state index contributed by atoms with van der Waals surface area (Å²) in [6, 6.07) is 4.48. The highest BCUT2D eigenvalue weighted by molar-refractivity contribution is 6.33. The van der Waals surface area contributed by atoms with Crippen LogP contribution in [0, 0.1) is 22.0 Å². The molecular formula is C15H19ClN2O3. The minimum Gasteiger partial charge on any atom is -0.349 e. The van der Waals surface area contributed by atoms with E-state index in [9.17, 15) is 14.9 Å². The average molecular weight is 311 g/mol. The number of para-hydroxylation sites is 1. The van der Waals surface area contributed by atoms with Gasteiger partial charge in [0.1, 0.15) is 10.6 Å². The highest BCUT2D eigenvalue weighted by Crippen LogP contribution is 2.34. The topological polar surface area (TPSA) is 72.2 Å². The normalized spacial score (nSPS) is 24.8. The molecular weight excluding hydrogens is 292 g/mol. The number of nitro benzene ring substituents is 1. The quantitative estimate of drug-likeness (QED) is 0.679. The van der Waals surface area contributed by atoms with E-state index >= 15 is 0 Å². The molecule has 1 fully saturated rings. The number of nitrogens with one attached hydrogen (secondary N) is 1. The van der Waals surface area contributed by atoms with E-state index in [1.165, 1.54) is 12.1 Å². The van der Waals surface area contributed by atoms with Gasteiger partial charge in [-0.1, -0.05) is 37.9 Å². The summed E-state index contributed by atoms with van der Waals surface area (Å²) in [6.07, 6.45) is 3.09. The van der Waals surface area contributed by atoms with E-state index in [4.69, 9.17) is 11.6 Å². The molecule has 0 spiro atoms. The molecule has 3 atom stereocenters. The minimum absolute atomic E-state index is 0.0152. The number of halogens is 1. The first-order valence-corrected chi connectivity index (χ1v) is 7.57. The van der Waals surface area contributed by atoms with Gasteiger partial charge in [0, 0.05) is 6.04 Å². The van der Waals surface area contributed by atoms with E-state index in [2.05, 4.69) is 19.2 Å². The number of hydrogen-bond acceptors (Lipinski definition) is 3. The fraction of sp³-hybridized carbons (Fsp3) is 0.533. The number of carbonyl (C=O) groups excluding carboxylic acids is 1. The van der Waals surface area contributed by atoms with Crippen LogP contribution in [0.5, 0.6) is 0 Å². The molecule has 1 aromatic rings. The molecule has 0 heterocycles. The van der Waals surface area contributed by atoms with Crippen LogP contribution in [0.25, 0.3) is 0 Å². The molecule has 0 radical (unpaired) electrons. The van der Waals surface area contributed by atoms with E-state index < -0.39 is 10.8 Å². The van der Waals surface area contributed by atoms with Crippen molar-refractivity contribution in [3.63, 3.8) is 0 Å². The van der Waals surface area contributed by atoms with Gasteiger partial charge in [0.15, 0.2) is 0 Å². The van der Waals surface area contributed by atoms with Crippen LogP contribution < -0.4 is 5.32 Å². The van der Waals surface area contributed by atoms with Crippen molar-refractivity contribution in [1.29, 1.82) is 0 Å². The molecule has 5 nitrogen and oxygen atoms in total. The van der Waals surface area contributed by atoms with Crippen molar-refractivity contribution in [2.45, 2.75) is 39.2 Å². The van der Waals surface area contributed by atoms with Crippen LogP contribution >= 0.6 is 11.6 Å². The molecule has 1 saturated carbocycles. The van der Waals surface area contributed by atoms with Crippen molar-refractivity contribution in [2.24, 2.45) is 11.8 Å². The van der Waals surface area contributed by atoms with Crippen LogP contribution in [0.15, 0.2) is 18.2 Å². The molecule has 0 aromatic heterocycles. The lowest BCUT2D eigenvalue weighted by atomic mass is 9.93. The Balaban J connectivity index is 2.19. The Kier molecular flexibility index (Phi) is 4.83. The summed E-state index contributed by atoms with van der Waals surface area (Å²) in [5.41, 5.74) is -0.297. The predicted octanol–water partition coefficient (Wildman–Crippen LogP) is 3.80. The van der Waals surface area contributed by atoms with Gasteiger partial charge in [-0.3, -0.25) is 14.9 Å². The highest BCUT2D eigenvalue weighted by atomic mass is 35.5. The first-order valence-electron chi connectivity index (χ1n) is 7.19. The molecule has 0 bridgehead atoms. The Bertz CT molecular complexity index is 562. The van der Waals surface area contributed by atoms with Gasteiger partial charge in [-0.2, -0.15) is 0 Å². The molecule has 0 saturated heterocycles. The first kappa shape index (κ1) is 15.8. The summed E-state index contributed by atoms with van der Waals surface area (Å²) in [6.45, 7) is 4.27. The van der Waals surface area contributed by atoms with Crippen molar-refractivity contribution >= 4 is 23.2 Å². The number of nitrogens with zero attached hydrogens (tertiary/aromatic N) is 1. The molecule has 21 heavy (non-hydrogen) atoms. The Morgan fingerprint density at radius 2 is 2.19 bits per heavy atom. The number of amides is 1. The van der Waals surface area contributed by atoms with Gasteiger partial charge < -0.3 is 5.32 Å². The zero-order valence-electron chi connectivity index (χ0n) is 12.1. The fourth-order valence-electron chi connectivity index (χ4n) is 3.16. The standard InChI is InChI=1S/C15H19ClN2O3/c1-3-10-7-8-13(9(10)2)17-15(19)11-5-4-6-12(16)14(11)18(20)21/h4-6,9-10,13H,3,7-8H2,1-2H3,(H,17,19). The Labute approximate surface area is 128 Å². The summed E-state index contributed by atoms with van der Waals surface area (Å²) in [5.74, 6) is 0.569. The SMILES string of the molecule is CCC1CCC(NC(=O)c2cccc(Cl)c2[N+](=O)[O-])C1C. The second-order valence-electron chi connectivity index (χ2n) is 5.58. The second kappa shape index (κ2) is 6.43. The zero-order valence-corrected chi connectivity index (χ0v) is 12.9. The second-order valence-corrected chi connectivity index (χ2v) is 5.99. The van der Waals surface area contributed by atoms with Gasteiger partial charge in [0.05, 0.1) is 4.92 Å². The first-order chi connectivity index (χ1) is 9.95. The monoisotopic (exact) mass is 310 g/mol. The third-order valence-electron chi connectivity index (χ3n) is 4.48. The molecule has 114 valence electrons. The summed E-state index contributed by atoms with van der Waals surface area (Å²) in [4.78, 5) is 22.8. The van der Waals surface area contributed by atoms with Crippen molar-refractivity contribution in [3.8, 4) is 0 Å². The van der Waals surface area contributed by atoms with E-state index in [0.29, 0.717) is 11.8 Å². The Hall–Kier alpha value is -1.62. The third-order valence-corrected chi connectivity index (χ3v) is 4.79. The molecule has 1 amide bonds. The van der Waals surface area contributed by atoms with Crippen LogP contribution in [-0.4, -0.2) is 16.9 Å². The van der Waals surface area contributed by atoms with Gasteiger partial charge in [0.25, 0.3) is 5.91 Å². The molecule has 1 aliphatic rings. The Morgan fingerprint density at radius 3 is 2.76 bits per heavy atom. The molecule has 2 rings (SSSR count). The highest BCUT2D eigenvalue weighted by Gasteiger charge is 2.34. The third kappa shape index (κ3) is 3.18. The van der Waals surface area contributed by atoms with Crippen LogP contribution in [0.4, 0.5) is 5.69 Å². The average Bonchev–Trinajstić information content (AvgIpc) is 2.78. The van der Waals surface area contributed by atoms with E-state index in [1.54, 1.807) is 6.07 Å². The number of benzene rings is 1. The van der Waals surface area contributed by atoms with E-state index in [0.717, 1.165) is 19.3 Å².